The van der Waals surface area contributed by atoms with Gasteiger partial charge in [0.1, 0.15) is 0 Å². The number of rotatable bonds is 9. The van der Waals surface area contributed by atoms with E-state index in [0.29, 0.717) is 11.7 Å². The molecule has 1 amide bonds. The number of carbonyl (C=O) groups excluding carboxylic acids is 1. The summed E-state index contributed by atoms with van der Waals surface area (Å²) in [4.78, 5) is 13.7. The van der Waals surface area contributed by atoms with Gasteiger partial charge in [-0.15, -0.1) is 21.5 Å². The number of aromatic nitrogens is 3. The van der Waals surface area contributed by atoms with E-state index in [4.69, 9.17) is 0 Å². The van der Waals surface area contributed by atoms with Gasteiger partial charge in [0.05, 0.1) is 5.75 Å². The Bertz CT molecular complexity index is 944. The Labute approximate surface area is 180 Å². The van der Waals surface area contributed by atoms with Crippen LogP contribution in [0.25, 0.3) is 11.4 Å². The second-order valence-corrected chi connectivity index (χ2v) is 9.16. The van der Waals surface area contributed by atoms with Gasteiger partial charge in [-0.05, 0) is 42.5 Å². The van der Waals surface area contributed by atoms with Gasteiger partial charge in [0, 0.05) is 28.1 Å². The molecule has 0 radical (unpaired) electrons. The first-order valence-electron chi connectivity index (χ1n) is 10.0. The zero-order valence-electron chi connectivity index (χ0n) is 17.4. The van der Waals surface area contributed by atoms with Crippen molar-refractivity contribution in [1.29, 1.82) is 0 Å². The highest BCUT2D eigenvalue weighted by molar-refractivity contribution is 7.99. The van der Waals surface area contributed by atoms with Crippen LogP contribution >= 0.6 is 23.1 Å². The standard InChI is InChI=1S/C22H28N4OS2/c1-5-11-26-21(17-12-19(6-2)28-13-17)24-25-22(26)29-14-20(27)23-18-9-7-16(8-10-18)15(3)4/h7-10,12-13,15H,5-6,11,14H2,1-4H3,(H,23,27). The molecule has 0 unspecified atom stereocenters. The summed E-state index contributed by atoms with van der Waals surface area (Å²) in [6, 6.07) is 10.2. The second-order valence-electron chi connectivity index (χ2n) is 7.23. The molecule has 0 atom stereocenters. The SMILES string of the molecule is CCCn1c(SCC(=O)Nc2ccc(C(C)C)cc2)nnc1-c1csc(CC)c1. The highest BCUT2D eigenvalue weighted by Gasteiger charge is 2.16. The molecule has 0 fully saturated rings. The number of hydrogen-bond donors (Lipinski definition) is 1. The number of nitrogens with one attached hydrogen (secondary N) is 1. The Morgan fingerprint density at radius 3 is 2.59 bits per heavy atom. The van der Waals surface area contributed by atoms with Crippen molar-refractivity contribution in [3.8, 4) is 11.4 Å². The summed E-state index contributed by atoms with van der Waals surface area (Å²) in [7, 11) is 0. The van der Waals surface area contributed by atoms with E-state index < -0.39 is 0 Å². The molecule has 154 valence electrons. The van der Waals surface area contributed by atoms with Crippen LogP contribution in [-0.2, 0) is 17.8 Å². The van der Waals surface area contributed by atoms with E-state index in [-0.39, 0.29) is 5.91 Å². The molecule has 29 heavy (non-hydrogen) atoms. The van der Waals surface area contributed by atoms with Crippen molar-refractivity contribution < 1.29 is 4.79 Å². The summed E-state index contributed by atoms with van der Waals surface area (Å²) in [5.74, 6) is 1.63. The highest BCUT2D eigenvalue weighted by atomic mass is 32.2. The number of anilines is 1. The highest BCUT2D eigenvalue weighted by Crippen LogP contribution is 2.28. The molecule has 5 nitrogen and oxygen atoms in total. The molecule has 1 N–H and O–H groups in total. The van der Waals surface area contributed by atoms with Crippen molar-refractivity contribution in [3.05, 3.63) is 46.2 Å². The maximum Gasteiger partial charge on any atom is 0.234 e. The predicted octanol–water partition coefficient (Wildman–Crippen LogP) is 5.83. The minimum Gasteiger partial charge on any atom is -0.325 e. The van der Waals surface area contributed by atoms with E-state index in [9.17, 15) is 4.79 Å². The fourth-order valence-electron chi connectivity index (χ4n) is 3.00. The molecule has 1 aromatic carbocycles. The van der Waals surface area contributed by atoms with Crippen molar-refractivity contribution in [1.82, 2.24) is 14.8 Å². The van der Waals surface area contributed by atoms with E-state index in [1.165, 1.54) is 22.2 Å². The number of hydrogen-bond acceptors (Lipinski definition) is 5. The van der Waals surface area contributed by atoms with Gasteiger partial charge in [0.25, 0.3) is 0 Å². The fraction of sp³-hybridized carbons (Fsp3) is 0.409. The third-order valence-electron chi connectivity index (χ3n) is 4.62. The van der Waals surface area contributed by atoms with Crippen LogP contribution in [0, 0.1) is 0 Å². The van der Waals surface area contributed by atoms with Crippen LogP contribution in [0.4, 0.5) is 5.69 Å². The van der Waals surface area contributed by atoms with Crippen LogP contribution in [0.2, 0.25) is 0 Å². The van der Waals surface area contributed by atoms with Crippen molar-refractivity contribution in [2.24, 2.45) is 0 Å². The molecule has 0 saturated carbocycles. The van der Waals surface area contributed by atoms with Crippen molar-refractivity contribution in [2.75, 3.05) is 11.1 Å². The van der Waals surface area contributed by atoms with E-state index in [1.807, 2.05) is 12.1 Å². The number of nitrogens with zero attached hydrogens (tertiary/aromatic N) is 3. The van der Waals surface area contributed by atoms with E-state index in [0.717, 1.165) is 41.6 Å². The van der Waals surface area contributed by atoms with E-state index >= 15 is 0 Å². The Balaban J connectivity index is 1.65. The first-order valence-corrected chi connectivity index (χ1v) is 11.9. The van der Waals surface area contributed by atoms with Gasteiger partial charge in [0.15, 0.2) is 11.0 Å². The van der Waals surface area contributed by atoms with Gasteiger partial charge in [-0.2, -0.15) is 0 Å². The fourth-order valence-corrected chi connectivity index (χ4v) is 4.57. The van der Waals surface area contributed by atoms with Crippen molar-refractivity contribution in [3.63, 3.8) is 0 Å². The molecule has 0 aliphatic carbocycles. The molecule has 2 aromatic heterocycles. The Hall–Kier alpha value is -2.12. The molecular formula is C22H28N4OS2. The normalized spacial score (nSPS) is 11.2. The number of benzene rings is 1. The van der Waals surface area contributed by atoms with E-state index in [2.05, 4.69) is 71.4 Å². The van der Waals surface area contributed by atoms with Gasteiger partial charge < -0.3 is 9.88 Å². The van der Waals surface area contributed by atoms with Crippen LogP contribution in [0.3, 0.4) is 0 Å². The zero-order valence-corrected chi connectivity index (χ0v) is 19.1. The van der Waals surface area contributed by atoms with Crippen LogP contribution in [0.1, 0.15) is 50.5 Å². The van der Waals surface area contributed by atoms with Gasteiger partial charge in [0.2, 0.25) is 5.91 Å². The predicted molar refractivity (Wildman–Crippen MR) is 123 cm³/mol. The number of amides is 1. The Morgan fingerprint density at radius 2 is 1.97 bits per heavy atom. The minimum atomic E-state index is -0.0382. The molecule has 3 aromatic rings. The summed E-state index contributed by atoms with van der Waals surface area (Å²) >= 11 is 3.18. The largest absolute Gasteiger partial charge is 0.325 e. The monoisotopic (exact) mass is 428 g/mol. The lowest BCUT2D eigenvalue weighted by molar-refractivity contribution is -0.113. The quantitative estimate of drug-likeness (QED) is 0.435. The lowest BCUT2D eigenvalue weighted by Gasteiger charge is -2.09. The number of aryl methyl sites for hydroxylation is 1. The third kappa shape index (κ3) is 5.48. The lowest BCUT2D eigenvalue weighted by Crippen LogP contribution is -2.14. The first kappa shape index (κ1) is 21.6. The zero-order chi connectivity index (χ0) is 20.8. The van der Waals surface area contributed by atoms with Gasteiger partial charge in [-0.1, -0.05) is 51.6 Å². The molecule has 0 aliphatic rings. The molecule has 7 heteroatoms. The topological polar surface area (TPSA) is 59.8 Å². The van der Waals surface area contributed by atoms with Gasteiger partial charge in [-0.25, -0.2) is 0 Å². The first-order chi connectivity index (χ1) is 14.0. The molecule has 2 heterocycles. The maximum atomic E-state index is 12.4. The number of thiophene rings is 1. The summed E-state index contributed by atoms with van der Waals surface area (Å²) in [5, 5.41) is 14.7. The van der Waals surface area contributed by atoms with Crippen LogP contribution < -0.4 is 5.32 Å². The third-order valence-corrected chi connectivity index (χ3v) is 6.67. The van der Waals surface area contributed by atoms with Gasteiger partial charge >= 0.3 is 0 Å². The Kier molecular flexibility index (Phi) is 7.50. The second kappa shape index (κ2) is 10.1. The smallest absolute Gasteiger partial charge is 0.234 e. The molecule has 3 rings (SSSR count). The summed E-state index contributed by atoms with van der Waals surface area (Å²) in [6.07, 6.45) is 2.00. The molecule has 0 saturated heterocycles. The van der Waals surface area contributed by atoms with Crippen LogP contribution in [0.15, 0.2) is 40.9 Å². The van der Waals surface area contributed by atoms with E-state index in [1.54, 1.807) is 11.3 Å². The molecule has 0 aliphatic heterocycles. The molecule has 0 bridgehead atoms. The maximum absolute atomic E-state index is 12.4. The average Bonchev–Trinajstić information content (AvgIpc) is 3.34. The molecule has 0 spiro atoms. The number of thioether (sulfide) groups is 1. The number of carbonyl (C=O) groups is 1. The summed E-state index contributed by atoms with van der Waals surface area (Å²) in [6.45, 7) is 9.44. The lowest BCUT2D eigenvalue weighted by atomic mass is 10.0. The van der Waals surface area contributed by atoms with Crippen molar-refractivity contribution >= 4 is 34.7 Å². The summed E-state index contributed by atoms with van der Waals surface area (Å²) in [5.41, 5.74) is 3.19. The van der Waals surface area contributed by atoms with Crippen LogP contribution in [0.5, 0.6) is 0 Å². The van der Waals surface area contributed by atoms with Crippen molar-refractivity contribution in [2.45, 2.75) is 58.2 Å². The molecular weight excluding hydrogens is 400 g/mol. The summed E-state index contributed by atoms with van der Waals surface area (Å²) < 4.78 is 2.12. The van der Waals surface area contributed by atoms with Gasteiger partial charge in [-0.3, -0.25) is 4.79 Å². The Morgan fingerprint density at radius 1 is 1.21 bits per heavy atom. The average molecular weight is 429 g/mol. The minimum absolute atomic E-state index is 0.0382. The van der Waals surface area contributed by atoms with Crippen LogP contribution in [-0.4, -0.2) is 26.4 Å².